The van der Waals surface area contributed by atoms with Crippen LogP contribution in [0.3, 0.4) is 0 Å². The van der Waals surface area contributed by atoms with Gasteiger partial charge in [0, 0.05) is 25.2 Å². The van der Waals surface area contributed by atoms with Crippen molar-refractivity contribution in [1.82, 2.24) is 9.47 Å². The molecule has 7 heteroatoms. The third-order valence-corrected chi connectivity index (χ3v) is 4.01. The quantitative estimate of drug-likeness (QED) is 0.876. The molecule has 2 fully saturated rings. The third-order valence-electron chi connectivity index (χ3n) is 3.80. The summed E-state index contributed by atoms with van der Waals surface area (Å²) in [4.78, 5) is 25.0. The molecule has 2 N–H and O–H groups in total. The number of halogens is 1. The lowest BCUT2D eigenvalue weighted by Gasteiger charge is -2.21. The Kier molecular flexibility index (Phi) is 3.22. The van der Waals surface area contributed by atoms with E-state index in [1.165, 1.54) is 4.90 Å². The van der Waals surface area contributed by atoms with E-state index in [2.05, 4.69) is 0 Å². The van der Waals surface area contributed by atoms with E-state index in [0.717, 1.165) is 12.8 Å². The van der Waals surface area contributed by atoms with Crippen molar-refractivity contribution in [3.8, 4) is 0 Å². The Hall–Kier alpha value is -1.53. The van der Waals surface area contributed by atoms with E-state index in [1.807, 2.05) is 4.57 Å². The number of hydrogen-bond acceptors (Lipinski definition) is 3. The normalized spacial score (nSPS) is 26.0. The van der Waals surface area contributed by atoms with Crippen molar-refractivity contribution in [3.05, 3.63) is 23.0 Å². The van der Waals surface area contributed by atoms with E-state index in [9.17, 15) is 14.7 Å². The fourth-order valence-electron chi connectivity index (χ4n) is 2.69. The molecule has 1 saturated carbocycles. The standard InChI is InChI=1S/C13H15ClN2O4/c14-7-3-10(15(5-7)8-1-2-8)12(18)16-6-9(17)4-11(16)13(19)20/h3,5,8-9,11,17H,1-2,4,6H2,(H,19,20)/t9-,11-/m1/s1. The summed E-state index contributed by atoms with van der Waals surface area (Å²) < 4.78 is 1.81. The van der Waals surface area contributed by atoms with Crippen LogP contribution in [0, 0.1) is 0 Å². The molecular weight excluding hydrogens is 284 g/mol. The second-order valence-electron chi connectivity index (χ2n) is 5.38. The molecule has 1 aromatic heterocycles. The smallest absolute Gasteiger partial charge is 0.326 e. The zero-order valence-electron chi connectivity index (χ0n) is 10.7. The summed E-state index contributed by atoms with van der Waals surface area (Å²) in [5.74, 6) is -1.47. The maximum atomic E-state index is 12.5. The number of carbonyl (C=O) groups is 2. The number of carbonyl (C=O) groups excluding carboxylic acids is 1. The fraction of sp³-hybridized carbons (Fsp3) is 0.538. The molecule has 2 atom stereocenters. The number of carboxylic acid groups (broad SMARTS) is 1. The number of aliphatic carboxylic acids is 1. The van der Waals surface area contributed by atoms with E-state index in [-0.39, 0.29) is 24.9 Å². The number of amides is 1. The van der Waals surface area contributed by atoms with Crippen LogP contribution in [0.5, 0.6) is 0 Å². The number of rotatable bonds is 3. The fourth-order valence-corrected chi connectivity index (χ4v) is 2.90. The Balaban J connectivity index is 1.90. The van der Waals surface area contributed by atoms with E-state index < -0.39 is 18.1 Å². The number of carboxylic acids is 1. The molecule has 0 aromatic carbocycles. The zero-order chi connectivity index (χ0) is 14.4. The summed E-state index contributed by atoms with van der Waals surface area (Å²) in [6.07, 6.45) is 2.97. The molecule has 1 saturated heterocycles. The molecule has 108 valence electrons. The summed E-state index contributed by atoms with van der Waals surface area (Å²) in [6, 6.07) is 0.863. The van der Waals surface area contributed by atoms with Crippen LogP contribution in [-0.2, 0) is 4.79 Å². The summed E-state index contributed by atoms with van der Waals surface area (Å²) in [7, 11) is 0. The molecule has 1 aromatic rings. The molecule has 0 spiro atoms. The van der Waals surface area contributed by atoms with Crippen molar-refractivity contribution in [2.24, 2.45) is 0 Å². The van der Waals surface area contributed by atoms with Gasteiger partial charge in [-0.05, 0) is 18.9 Å². The molecule has 20 heavy (non-hydrogen) atoms. The van der Waals surface area contributed by atoms with Gasteiger partial charge in [0.2, 0.25) is 0 Å². The molecule has 0 bridgehead atoms. The van der Waals surface area contributed by atoms with Crippen molar-refractivity contribution in [1.29, 1.82) is 0 Å². The van der Waals surface area contributed by atoms with E-state index in [1.54, 1.807) is 12.3 Å². The Morgan fingerprint density at radius 3 is 2.65 bits per heavy atom. The molecule has 0 unspecified atom stereocenters. The van der Waals surface area contributed by atoms with Gasteiger partial charge in [0.1, 0.15) is 11.7 Å². The Morgan fingerprint density at radius 2 is 2.05 bits per heavy atom. The lowest BCUT2D eigenvalue weighted by molar-refractivity contribution is -0.141. The highest BCUT2D eigenvalue weighted by atomic mass is 35.5. The third kappa shape index (κ3) is 2.29. The monoisotopic (exact) mass is 298 g/mol. The average Bonchev–Trinajstić information content (AvgIpc) is 3.04. The van der Waals surface area contributed by atoms with Gasteiger partial charge in [-0.2, -0.15) is 0 Å². The minimum absolute atomic E-state index is 0.0449. The highest BCUT2D eigenvalue weighted by Crippen LogP contribution is 2.38. The van der Waals surface area contributed by atoms with Crippen molar-refractivity contribution in [3.63, 3.8) is 0 Å². The van der Waals surface area contributed by atoms with Crippen LogP contribution in [0.1, 0.15) is 35.8 Å². The van der Waals surface area contributed by atoms with Crippen LogP contribution in [0.4, 0.5) is 0 Å². The molecule has 1 aliphatic carbocycles. The zero-order valence-corrected chi connectivity index (χ0v) is 11.5. The van der Waals surface area contributed by atoms with Gasteiger partial charge in [-0.15, -0.1) is 0 Å². The van der Waals surface area contributed by atoms with Gasteiger partial charge in [0.05, 0.1) is 11.1 Å². The van der Waals surface area contributed by atoms with Crippen molar-refractivity contribution >= 4 is 23.5 Å². The topological polar surface area (TPSA) is 82.8 Å². The first kappa shape index (κ1) is 13.5. The van der Waals surface area contributed by atoms with E-state index in [0.29, 0.717) is 10.7 Å². The van der Waals surface area contributed by atoms with Crippen LogP contribution in [-0.4, -0.2) is 50.2 Å². The van der Waals surface area contributed by atoms with Gasteiger partial charge in [0.15, 0.2) is 0 Å². The molecule has 2 heterocycles. The number of hydrogen-bond donors (Lipinski definition) is 2. The van der Waals surface area contributed by atoms with Crippen molar-refractivity contribution < 1.29 is 19.8 Å². The minimum Gasteiger partial charge on any atom is -0.480 e. The van der Waals surface area contributed by atoms with Crippen LogP contribution >= 0.6 is 11.6 Å². The Labute approximate surface area is 120 Å². The van der Waals surface area contributed by atoms with Gasteiger partial charge in [-0.25, -0.2) is 4.79 Å². The summed E-state index contributed by atoms with van der Waals surface area (Å²) in [6.45, 7) is 0.0449. The number of β-amino-alcohol motifs (C(OH)–C–C–N with tert-alkyl or cyclic N) is 1. The first-order valence-electron chi connectivity index (χ1n) is 6.56. The van der Waals surface area contributed by atoms with Crippen LogP contribution in [0.15, 0.2) is 12.3 Å². The molecule has 2 aliphatic rings. The maximum Gasteiger partial charge on any atom is 0.326 e. The van der Waals surface area contributed by atoms with Crippen LogP contribution in [0.25, 0.3) is 0 Å². The lowest BCUT2D eigenvalue weighted by atomic mass is 10.2. The van der Waals surface area contributed by atoms with E-state index >= 15 is 0 Å². The predicted molar refractivity (Wildman–Crippen MR) is 70.8 cm³/mol. The second-order valence-corrected chi connectivity index (χ2v) is 5.82. The highest BCUT2D eigenvalue weighted by molar-refractivity contribution is 6.31. The molecule has 6 nitrogen and oxygen atoms in total. The number of likely N-dealkylation sites (tertiary alicyclic amines) is 1. The molecule has 0 radical (unpaired) electrons. The largest absolute Gasteiger partial charge is 0.480 e. The van der Waals surface area contributed by atoms with Gasteiger partial charge >= 0.3 is 5.97 Å². The maximum absolute atomic E-state index is 12.5. The molecule has 3 rings (SSSR count). The number of nitrogens with zero attached hydrogens (tertiary/aromatic N) is 2. The summed E-state index contributed by atoms with van der Waals surface area (Å²) in [5.41, 5.74) is 0.401. The average molecular weight is 299 g/mol. The highest BCUT2D eigenvalue weighted by Gasteiger charge is 2.41. The van der Waals surface area contributed by atoms with E-state index in [4.69, 9.17) is 16.7 Å². The van der Waals surface area contributed by atoms with Gasteiger partial charge < -0.3 is 19.7 Å². The van der Waals surface area contributed by atoms with Crippen molar-refractivity contribution in [2.75, 3.05) is 6.54 Å². The number of aromatic nitrogens is 1. The van der Waals surface area contributed by atoms with Gasteiger partial charge in [-0.1, -0.05) is 11.6 Å². The number of aliphatic hydroxyl groups is 1. The second kappa shape index (κ2) is 4.79. The first-order chi connectivity index (χ1) is 9.47. The predicted octanol–water partition coefficient (Wildman–Crippen LogP) is 1.14. The minimum atomic E-state index is -1.09. The van der Waals surface area contributed by atoms with Crippen molar-refractivity contribution in [2.45, 2.75) is 37.5 Å². The van der Waals surface area contributed by atoms with Crippen LogP contribution < -0.4 is 0 Å². The summed E-state index contributed by atoms with van der Waals surface area (Å²) in [5, 5.41) is 19.2. The number of aliphatic hydroxyl groups excluding tert-OH is 1. The van der Waals surface area contributed by atoms with Crippen LogP contribution in [0.2, 0.25) is 5.02 Å². The lowest BCUT2D eigenvalue weighted by Crippen LogP contribution is -2.41. The summed E-state index contributed by atoms with van der Waals surface area (Å²) >= 11 is 5.96. The van der Waals surface area contributed by atoms with Gasteiger partial charge in [-0.3, -0.25) is 4.79 Å². The first-order valence-corrected chi connectivity index (χ1v) is 6.94. The molecule has 1 amide bonds. The Bertz CT molecular complexity index is 567. The molecule has 1 aliphatic heterocycles. The van der Waals surface area contributed by atoms with Gasteiger partial charge in [0.25, 0.3) is 5.91 Å². The molecular formula is C13H15ClN2O4. The Morgan fingerprint density at radius 1 is 1.35 bits per heavy atom. The SMILES string of the molecule is O=C(O)[C@H]1C[C@@H](O)CN1C(=O)c1cc(Cl)cn1C1CC1.